The van der Waals surface area contributed by atoms with Gasteiger partial charge in [0.25, 0.3) is 0 Å². The number of methoxy groups -OCH3 is 1. The molecule has 0 fully saturated rings. The van der Waals surface area contributed by atoms with E-state index in [1.54, 1.807) is 18.2 Å². The lowest BCUT2D eigenvalue weighted by Crippen LogP contribution is -2.24. The molecule has 0 aliphatic heterocycles. The zero-order valence-electron chi connectivity index (χ0n) is 18.6. The molecule has 10 heteroatoms. The first-order valence-corrected chi connectivity index (χ1v) is 10.4. The molecule has 0 unspecified atom stereocenters. The van der Waals surface area contributed by atoms with Crippen LogP contribution >= 0.6 is 0 Å². The molecule has 182 valence electrons. The van der Waals surface area contributed by atoms with Gasteiger partial charge in [0.1, 0.15) is 13.0 Å². The number of carbonyl (C=O) groups excluding carboxylic acids is 2. The van der Waals surface area contributed by atoms with Gasteiger partial charge in [-0.3, -0.25) is 9.59 Å². The second-order valence-corrected chi connectivity index (χ2v) is 7.28. The zero-order valence-corrected chi connectivity index (χ0v) is 18.6. The van der Waals surface area contributed by atoms with Gasteiger partial charge in [-0.15, -0.1) is 0 Å². The highest BCUT2D eigenvalue weighted by Crippen LogP contribution is 2.31. The Morgan fingerprint density at radius 1 is 0.943 bits per heavy atom. The fraction of sp³-hybridized carbons (Fsp3) is 0.160. The van der Waals surface area contributed by atoms with Crippen molar-refractivity contribution in [3.63, 3.8) is 0 Å². The van der Waals surface area contributed by atoms with E-state index in [1.165, 1.54) is 19.4 Å². The second-order valence-electron chi connectivity index (χ2n) is 7.28. The lowest BCUT2D eigenvalue weighted by molar-refractivity contribution is -0.137. The maximum atomic E-state index is 12.8. The summed E-state index contributed by atoms with van der Waals surface area (Å²) >= 11 is 0. The average Bonchev–Trinajstić information content (AvgIpc) is 2.83. The number of ether oxygens (including phenoxy) is 2. The quantitative estimate of drug-likeness (QED) is 0.260. The summed E-state index contributed by atoms with van der Waals surface area (Å²) in [5.74, 6) is -0.514. The van der Waals surface area contributed by atoms with Gasteiger partial charge in [-0.05, 0) is 47.5 Å². The molecule has 0 atom stereocenters. The number of carbonyl (C=O) groups is 2. The zero-order chi connectivity index (χ0) is 25.3. The molecule has 3 rings (SSSR count). The van der Waals surface area contributed by atoms with Gasteiger partial charge in [-0.2, -0.15) is 18.3 Å². The normalized spacial score (nSPS) is 11.2. The Bertz CT molecular complexity index is 1200. The van der Waals surface area contributed by atoms with Gasteiger partial charge in [-0.1, -0.05) is 36.4 Å². The highest BCUT2D eigenvalue weighted by molar-refractivity contribution is 6.03. The Morgan fingerprint density at radius 2 is 1.71 bits per heavy atom. The van der Waals surface area contributed by atoms with E-state index in [4.69, 9.17) is 9.47 Å². The van der Waals surface area contributed by atoms with E-state index in [9.17, 15) is 22.8 Å². The Labute approximate surface area is 199 Å². The molecule has 7 nitrogen and oxygen atoms in total. The molecule has 2 amide bonds. The van der Waals surface area contributed by atoms with Crippen molar-refractivity contribution in [2.24, 2.45) is 5.10 Å². The lowest BCUT2D eigenvalue weighted by atomic mass is 10.2. The van der Waals surface area contributed by atoms with Gasteiger partial charge < -0.3 is 14.8 Å². The Hall–Kier alpha value is -4.34. The largest absolute Gasteiger partial charge is 0.493 e. The highest BCUT2D eigenvalue weighted by Gasteiger charge is 2.30. The number of nitrogens with one attached hydrogen (secondary N) is 2. The third kappa shape index (κ3) is 7.88. The van der Waals surface area contributed by atoms with E-state index in [2.05, 4.69) is 15.8 Å². The summed E-state index contributed by atoms with van der Waals surface area (Å²) in [4.78, 5) is 23.9. The van der Waals surface area contributed by atoms with Crippen molar-refractivity contribution in [3.8, 4) is 11.5 Å². The second kappa shape index (κ2) is 11.7. The maximum Gasteiger partial charge on any atom is 0.416 e. The SMILES string of the molecule is COc1cc(C=NNC(=O)CC(=O)Nc2cccc(C(F)(F)F)c2)ccc1OCc1ccccc1. The Kier molecular flexibility index (Phi) is 8.44. The van der Waals surface area contributed by atoms with E-state index in [1.807, 2.05) is 30.3 Å². The fourth-order valence-corrected chi connectivity index (χ4v) is 2.96. The number of halogens is 3. The van der Waals surface area contributed by atoms with Crippen LogP contribution in [-0.2, 0) is 22.4 Å². The van der Waals surface area contributed by atoms with E-state index >= 15 is 0 Å². The third-order valence-corrected chi connectivity index (χ3v) is 4.62. The number of amides is 2. The molecule has 0 aromatic heterocycles. The van der Waals surface area contributed by atoms with Crippen molar-refractivity contribution in [3.05, 3.63) is 89.5 Å². The molecule has 2 N–H and O–H groups in total. The molecule has 0 saturated carbocycles. The summed E-state index contributed by atoms with van der Waals surface area (Å²) in [6, 6.07) is 18.8. The first-order valence-electron chi connectivity index (χ1n) is 10.4. The fourth-order valence-electron chi connectivity index (χ4n) is 2.96. The number of rotatable bonds is 9. The molecule has 3 aromatic carbocycles. The van der Waals surface area contributed by atoms with Gasteiger partial charge in [0.05, 0.1) is 18.9 Å². The summed E-state index contributed by atoms with van der Waals surface area (Å²) < 4.78 is 49.4. The van der Waals surface area contributed by atoms with Gasteiger partial charge in [0, 0.05) is 5.69 Å². The molecule has 35 heavy (non-hydrogen) atoms. The monoisotopic (exact) mass is 485 g/mol. The van der Waals surface area contributed by atoms with E-state index < -0.39 is 30.0 Å². The molecule has 3 aromatic rings. The number of anilines is 1. The van der Waals surface area contributed by atoms with Gasteiger partial charge in [-0.25, -0.2) is 5.43 Å². The summed E-state index contributed by atoms with van der Waals surface area (Å²) in [5, 5.41) is 6.05. The van der Waals surface area contributed by atoms with Crippen LogP contribution in [0.5, 0.6) is 11.5 Å². The smallest absolute Gasteiger partial charge is 0.416 e. The van der Waals surface area contributed by atoms with Crippen LogP contribution in [0.4, 0.5) is 18.9 Å². The molecular weight excluding hydrogens is 463 g/mol. The van der Waals surface area contributed by atoms with Crippen LogP contribution in [0, 0.1) is 0 Å². The van der Waals surface area contributed by atoms with Gasteiger partial charge >= 0.3 is 6.18 Å². The predicted molar refractivity (Wildman–Crippen MR) is 124 cm³/mol. The molecule has 0 heterocycles. The predicted octanol–water partition coefficient (Wildman–Crippen LogP) is 4.77. The van der Waals surface area contributed by atoms with Crippen LogP contribution < -0.4 is 20.2 Å². The van der Waals surface area contributed by atoms with Crippen molar-refractivity contribution < 1.29 is 32.2 Å². The number of benzene rings is 3. The summed E-state index contributed by atoms with van der Waals surface area (Å²) in [5.41, 5.74) is 2.83. The minimum Gasteiger partial charge on any atom is -0.493 e. The summed E-state index contributed by atoms with van der Waals surface area (Å²) in [7, 11) is 1.50. The number of hydrazone groups is 1. The van der Waals surface area contributed by atoms with Gasteiger partial charge in [0.2, 0.25) is 11.8 Å². The van der Waals surface area contributed by atoms with Crippen LogP contribution in [0.2, 0.25) is 0 Å². The van der Waals surface area contributed by atoms with Crippen molar-refractivity contribution in [2.75, 3.05) is 12.4 Å². The Balaban J connectivity index is 1.51. The molecule has 0 spiro atoms. The highest BCUT2D eigenvalue weighted by atomic mass is 19.4. The van der Waals surface area contributed by atoms with Crippen molar-refractivity contribution >= 4 is 23.7 Å². The van der Waals surface area contributed by atoms with Crippen molar-refractivity contribution in [2.45, 2.75) is 19.2 Å². The number of nitrogens with zero attached hydrogens (tertiary/aromatic N) is 1. The number of alkyl halides is 3. The molecule has 0 saturated heterocycles. The van der Waals surface area contributed by atoms with E-state index in [0.29, 0.717) is 23.7 Å². The summed E-state index contributed by atoms with van der Waals surface area (Å²) in [6.45, 7) is 0.364. The Morgan fingerprint density at radius 3 is 2.43 bits per heavy atom. The maximum absolute atomic E-state index is 12.8. The first-order chi connectivity index (χ1) is 16.7. The molecule has 0 radical (unpaired) electrons. The van der Waals surface area contributed by atoms with Gasteiger partial charge in [0.15, 0.2) is 11.5 Å². The van der Waals surface area contributed by atoms with Crippen molar-refractivity contribution in [1.29, 1.82) is 0 Å². The van der Waals surface area contributed by atoms with E-state index in [-0.39, 0.29) is 5.69 Å². The van der Waals surface area contributed by atoms with Crippen LogP contribution in [0.3, 0.4) is 0 Å². The molecule has 0 aliphatic rings. The number of hydrogen-bond acceptors (Lipinski definition) is 5. The lowest BCUT2D eigenvalue weighted by Gasteiger charge is -2.11. The molecule has 0 aliphatic carbocycles. The number of hydrogen-bond donors (Lipinski definition) is 2. The molecular formula is C25H22F3N3O4. The summed E-state index contributed by atoms with van der Waals surface area (Å²) in [6.07, 6.45) is -3.81. The van der Waals surface area contributed by atoms with Crippen LogP contribution in [0.1, 0.15) is 23.1 Å². The standard InChI is InChI=1S/C25H22F3N3O4/c1-34-22-12-18(10-11-21(22)35-16-17-6-3-2-4-7-17)15-29-31-24(33)14-23(32)30-20-9-5-8-19(13-20)25(26,27)28/h2-13,15H,14,16H2,1H3,(H,30,32)(H,31,33). The van der Waals surface area contributed by atoms with Crippen LogP contribution in [-0.4, -0.2) is 25.1 Å². The minimum absolute atomic E-state index is 0.0669. The van der Waals surface area contributed by atoms with Crippen LogP contribution in [0.25, 0.3) is 0 Å². The van der Waals surface area contributed by atoms with E-state index in [0.717, 1.165) is 23.8 Å². The third-order valence-electron chi connectivity index (χ3n) is 4.62. The van der Waals surface area contributed by atoms with Crippen LogP contribution in [0.15, 0.2) is 77.9 Å². The minimum atomic E-state index is -4.54. The van der Waals surface area contributed by atoms with Crippen molar-refractivity contribution in [1.82, 2.24) is 5.43 Å². The first kappa shape index (κ1) is 25.3. The average molecular weight is 485 g/mol. The topological polar surface area (TPSA) is 89.0 Å². The molecule has 0 bridgehead atoms.